The second kappa shape index (κ2) is 6.78. The van der Waals surface area contributed by atoms with Gasteiger partial charge < -0.3 is 9.47 Å². The van der Waals surface area contributed by atoms with Gasteiger partial charge in [0.15, 0.2) is 0 Å². The normalized spacial score (nSPS) is 10.9. The lowest BCUT2D eigenvalue weighted by molar-refractivity contribution is 0.0955. The fourth-order valence-electron chi connectivity index (χ4n) is 2.07. The Morgan fingerprint density at radius 1 is 1.12 bits per heavy atom. The molecular formula is C16H14N4O4. The van der Waals surface area contributed by atoms with Gasteiger partial charge >= 0.3 is 0 Å². The molecule has 1 aromatic heterocycles. The summed E-state index contributed by atoms with van der Waals surface area (Å²) in [6, 6.07) is 10.1. The van der Waals surface area contributed by atoms with E-state index in [2.05, 4.69) is 25.5 Å². The summed E-state index contributed by atoms with van der Waals surface area (Å²) in [6.07, 6.45) is 1.49. The molecule has 0 spiro atoms. The molecule has 0 fully saturated rings. The first kappa shape index (κ1) is 15.5. The molecule has 1 heterocycles. The van der Waals surface area contributed by atoms with Crippen molar-refractivity contribution < 1.29 is 18.9 Å². The van der Waals surface area contributed by atoms with Crippen molar-refractivity contribution in [1.82, 2.24) is 15.7 Å². The number of rotatable bonds is 5. The van der Waals surface area contributed by atoms with E-state index in [9.17, 15) is 4.79 Å². The third kappa shape index (κ3) is 3.17. The quantitative estimate of drug-likeness (QED) is 0.569. The predicted octanol–water partition coefficient (Wildman–Crippen LogP) is 2.00. The van der Waals surface area contributed by atoms with Crippen LogP contribution in [-0.4, -0.2) is 36.7 Å². The summed E-state index contributed by atoms with van der Waals surface area (Å²) in [7, 11) is 3.12. The van der Waals surface area contributed by atoms with E-state index >= 15 is 0 Å². The molecule has 8 nitrogen and oxygen atoms in total. The molecule has 8 heteroatoms. The number of nitrogens with zero attached hydrogens (tertiary/aromatic N) is 3. The first-order chi connectivity index (χ1) is 11.7. The van der Waals surface area contributed by atoms with Crippen LogP contribution in [0.5, 0.6) is 11.5 Å². The Bertz CT molecular complexity index is 904. The number of hydrogen-bond donors (Lipinski definition) is 1. The minimum Gasteiger partial charge on any atom is -0.497 e. The largest absolute Gasteiger partial charge is 0.497 e. The standard InChI is InChI=1S/C16H14N4O4/c1-22-12-5-3-11(15(8-12)23-2)9-17-18-16(21)10-4-6-13-14(7-10)20-24-19-13/h3-9H,1-2H3,(H,18,21)/b17-9+. The van der Waals surface area contributed by atoms with Crippen LogP contribution in [0.1, 0.15) is 15.9 Å². The molecule has 0 aliphatic carbocycles. The number of carbonyl (C=O) groups is 1. The summed E-state index contributed by atoms with van der Waals surface area (Å²) in [5.74, 6) is 0.883. The molecule has 0 radical (unpaired) electrons. The van der Waals surface area contributed by atoms with E-state index in [1.807, 2.05) is 0 Å². The number of methoxy groups -OCH3 is 2. The Labute approximate surface area is 137 Å². The molecule has 0 unspecified atom stereocenters. The number of nitrogens with one attached hydrogen (secondary N) is 1. The third-order valence-corrected chi connectivity index (χ3v) is 3.33. The number of amides is 1. The number of aromatic nitrogens is 2. The van der Waals surface area contributed by atoms with Crippen molar-refractivity contribution in [3.8, 4) is 11.5 Å². The van der Waals surface area contributed by atoms with E-state index in [0.29, 0.717) is 33.7 Å². The van der Waals surface area contributed by atoms with Crippen molar-refractivity contribution in [3.05, 3.63) is 47.5 Å². The molecule has 3 rings (SSSR count). The average molecular weight is 326 g/mol. The number of hydrazone groups is 1. The van der Waals surface area contributed by atoms with Crippen LogP contribution >= 0.6 is 0 Å². The monoisotopic (exact) mass is 326 g/mol. The zero-order valence-electron chi connectivity index (χ0n) is 13.0. The lowest BCUT2D eigenvalue weighted by Gasteiger charge is -2.06. The smallest absolute Gasteiger partial charge is 0.271 e. The molecular weight excluding hydrogens is 312 g/mol. The number of hydrogen-bond acceptors (Lipinski definition) is 7. The summed E-state index contributed by atoms with van der Waals surface area (Å²) in [5.41, 5.74) is 4.64. The molecule has 2 aromatic carbocycles. The SMILES string of the molecule is COc1ccc(/C=N/NC(=O)c2ccc3nonc3c2)c(OC)c1. The summed E-state index contributed by atoms with van der Waals surface area (Å²) in [4.78, 5) is 12.1. The van der Waals surface area contributed by atoms with E-state index in [0.717, 1.165) is 0 Å². The van der Waals surface area contributed by atoms with Gasteiger partial charge in [0.25, 0.3) is 5.91 Å². The van der Waals surface area contributed by atoms with Crippen LogP contribution in [0.25, 0.3) is 11.0 Å². The van der Waals surface area contributed by atoms with E-state index < -0.39 is 0 Å². The number of ether oxygens (including phenoxy) is 2. The average Bonchev–Trinajstić information content (AvgIpc) is 3.09. The second-order valence-electron chi connectivity index (χ2n) is 4.77. The van der Waals surface area contributed by atoms with Crippen LogP contribution in [0.15, 0.2) is 46.1 Å². The lowest BCUT2D eigenvalue weighted by atomic mass is 10.2. The van der Waals surface area contributed by atoms with E-state index in [4.69, 9.17) is 9.47 Å². The Morgan fingerprint density at radius 3 is 2.75 bits per heavy atom. The number of benzene rings is 2. The third-order valence-electron chi connectivity index (χ3n) is 3.33. The lowest BCUT2D eigenvalue weighted by Crippen LogP contribution is -2.17. The van der Waals surface area contributed by atoms with Gasteiger partial charge in [-0.15, -0.1) is 0 Å². The molecule has 3 aromatic rings. The highest BCUT2D eigenvalue weighted by Crippen LogP contribution is 2.23. The van der Waals surface area contributed by atoms with Crippen molar-refractivity contribution in [3.63, 3.8) is 0 Å². The summed E-state index contributed by atoms with van der Waals surface area (Å²) >= 11 is 0. The van der Waals surface area contributed by atoms with E-state index in [-0.39, 0.29) is 5.91 Å². The highest BCUT2D eigenvalue weighted by atomic mass is 16.6. The molecule has 0 saturated heterocycles. The van der Waals surface area contributed by atoms with Crippen LogP contribution in [0.2, 0.25) is 0 Å². The summed E-state index contributed by atoms with van der Waals surface area (Å²) in [6.45, 7) is 0. The molecule has 0 bridgehead atoms. The van der Waals surface area contributed by atoms with Gasteiger partial charge in [-0.2, -0.15) is 5.10 Å². The predicted molar refractivity (Wildman–Crippen MR) is 86.4 cm³/mol. The van der Waals surface area contributed by atoms with Gasteiger partial charge in [-0.25, -0.2) is 10.1 Å². The number of carbonyl (C=O) groups excluding carboxylic acids is 1. The maximum Gasteiger partial charge on any atom is 0.271 e. The molecule has 1 amide bonds. The maximum atomic E-state index is 12.1. The van der Waals surface area contributed by atoms with E-state index in [1.165, 1.54) is 6.21 Å². The molecule has 0 aliphatic rings. The zero-order chi connectivity index (χ0) is 16.9. The molecule has 0 saturated carbocycles. The van der Waals surface area contributed by atoms with Crippen LogP contribution in [0.4, 0.5) is 0 Å². The van der Waals surface area contributed by atoms with Crippen molar-refractivity contribution in [1.29, 1.82) is 0 Å². The van der Waals surface area contributed by atoms with Crippen molar-refractivity contribution in [2.24, 2.45) is 5.10 Å². The second-order valence-corrected chi connectivity index (χ2v) is 4.77. The van der Waals surface area contributed by atoms with Crippen molar-refractivity contribution >= 4 is 23.2 Å². The van der Waals surface area contributed by atoms with E-state index in [1.54, 1.807) is 50.6 Å². The fourth-order valence-corrected chi connectivity index (χ4v) is 2.07. The highest BCUT2D eigenvalue weighted by Gasteiger charge is 2.08. The van der Waals surface area contributed by atoms with Gasteiger partial charge in [-0.05, 0) is 40.6 Å². The topological polar surface area (TPSA) is 98.8 Å². The summed E-state index contributed by atoms with van der Waals surface area (Å²) < 4.78 is 15.0. The molecule has 0 atom stereocenters. The minimum absolute atomic E-state index is 0.372. The molecule has 0 aliphatic heterocycles. The van der Waals surface area contributed by atoms with Gasteiger partial charge in [0.1, 0.15) is 22.5 Å². The van der Waals surface area contributed by atoms with Crippen LogP contribution in [-0.2, 0) is 0 Å². The van der Waals surface area contributed by atoms with Crippen molar-refractivity contribution in [2.75, 3.05) is 14.2 Å². The first-order valence-corrected chi connectivity index (χ1v) is 6.99. The maximum absolute atomic E-state index is 12.1. The Hall–Kier alpha value is -3.42. The van der Waals surface area contributed by atoms with Gasteiger partial charge in [-0.1, -0.05) is 0 Å². The van der Waals surface area contributed by atoms with Crippen LogP contribution in [0.3, 0.4) is 0 Å². The van der Waals surface area contributed by atoms with Gasteiger partial charge in [0.2, 0.25) is 0 Å². The van der Waals surface area contributed by atoms with Crippen LogP contribution in [0, 0.1) is 0 Å². The Balaban J connectivity index is 1.72. The van der Waals surface area contributed by atoms with Gasteiger partial charge in [0.05, 0.1) is 20.4 Å². The minimum atomic E-state index is -0.372. The molecule has 24 heavy (non-hydrogen) atoms. The first-order valence-electron chi connectivity index (χ1n) is 6.99. The molecule has 1 N–H and O–H groups in total. The summed E-state index contributed by atoms with van der Waals surface area (Å²) in [5, 5.41) is 11.3. The van der Waals surface area contributed by atoms with Crippen molar-refractivity contribution in [2.45, 2.75) is 0 Å². The fraction of sp³-hybridized carbons (Fsp3) is 0.125. The van der Waals surface area contributed by atoms with Gasteiger partial charge in [0, 0.05) is 17.2 Å². The van der Waals surface area contributed by atoms with Crippen LogP contribution < -0.4 is 14.9 Å². The number of fused-ring (bicyclic) bond motifs is 1. The Kier molecular flexibility index (Phi) is 4.37. The van der Waals surface area contributed by atoms with Gasteiger partial charge in [-0.3, -0.25) is 4.79 Å². The Morgan fingerprint density at radius 2 is 1.96 bits per heavy atom. The molecule has 122 valence electrons. The highest BCUT2D eigenvalue weighted by molar-refractivity contribution is 5.97. The zero-order valence-corrected chi connectivity index (χ0v) is 13.0.